The molecule has 1 aromatic carbocycles. The van der Waals surface area contributed by atoms with Crippen LogP contribution in [0.5, 0.6) is 0 Å². The van der Waals surface area contributed by atoms with Crippen molar-refractivity contribution in [3.63, 3.8) is 0 Å². The number of alkyl halides is 1. The average Bonchev–Trinajstić information content (AvgIpc) is 2.07. The molecule has 0 amide bonds. The number of hydrogen-bond acceptors (Lipinski definition) is 0. The van der Waals surface area contributed by atoms with E-state index in [0.29, 0.717) is 0 Å². The van der Waals surface area contributed by atoms with Gasteiger partial charge in [0.2, 0.25) is 0 Å². The molecule has 0 heterocycles. The molecule has 56 valence electrons. The van der Waals surface area contributed by atoms with E-state index in [1.165, 1.54) is 0 Å². The smallest absolute Gasteiger partial charge is 0.122 e. The van der Waals surface area contributed by atoms with Crippen molar-refractivity contribution in [3.05, 3.63) is 35.9 Å². The van der Waals surface area contributed by atoms with Crippen LogP contribution in [-0.2, 0) is 0 Å². The van der Waals surface area contributed by atoms with Crippen LogP contribution in [0.3, 0.4) is 0 Å². The molecule has 0 radical (unpaired) electrons. The first-order valence-electron chi connectivity index (χ1n) is 3.53. The normalized spacial score (nSPS) is 9.55. The van der Waals surface area contributed by atoms with E-state index in [-0.39, 0.29) is 9.52 Å². The van der Waals surface area contributed by atoms with Gasteiger partial charge in [0.25, 0.3) is 0 Å². The summed E-state index contributed by atoms with van der Waals surface area (Å²) in [4.78, 5) is 0. The van der Waals surface area contributed by atoms with Gasteiger partial charge in [0.05, 0.1) is 0 Å². The van der Waals surface area contributed by atoms with E-state index in [1.54, 1.807) is 0 Å². The summed E-state index contributed by atoms with van der Waals surface area (Å²) < 4.78 is 0. The molecule has 1 aromatic rings. The first-order valence-corrected chi connectivity index (χ1v) is 5.77. The minimum atomic E-state index is -0.318. The summed E-state index contributed by atoms with van der Waals surface area (Å²) in [5.74, 6) is 3.07. The molecule has 0 fully saturated rings. The van der Waals surface area contributed by atoms with E-state index in [4.69, 9.17) is 11.6 Å². The van der Waals surface area contributed by atoms with Crippen LogP contribution in [-0.4, -0.2) is 15.0 Å². The summed E-state index contributed by atoms with van der Waals surface area (Å²) in [7, 11) is -0.318. The standard InChI is InChI=1S/C9H9ClSi/c10-8-11-7-6-9-4-2-1-3-5-9/h1-5H,8,11H2. The highest BCUT2D eigenvalue weighted by atomic mass is 35.5. The lowest BCUT2D eigenvalue weighted by atomic mass is 10.2. The number of rotatable bonds is 1. The third-order valence-corrected chi connectivity index (χ3v) is 2.41. The van der Waals surface area contributed by atoms with Crippen molar-refractivity contribution in [1.29, 1.82) is 0 Å². The second-order valence-corrected chi connectivity index (χ2v) is 4.47. The lowest BCUT2D eigenvalue weighted by Crippen LogP contribution is -1.85. The number of halogens is 1. The highest BCUT2D eigenvalue weighted by Crippen LogP contribution is 1.93. The molecule has 11 heavy (non-hydrogen) atoms. The molecule has 0 aliphatic rings. The summed E-state index contributed by atoms with van der Waals surface area (Å²) in [6.07, 6.45) is 0. The van der Waals surface area contributed by atoms with Gasteiger partial charge in [0, 0.05) is 11.1 Å². The molecule has 0 bridgehead atoms. The van der Waals surface area contributed by atoms with Crippen molar-refractivity contribution in [2.75, 3.05) is 5.50 Å². The molecule has 0 aromatic heterocycles. The van der Waals surface area contributed by atoms with Crippen LogP contribution in [0, 0.1) is 11.5 Å². The summed E-state index contributed by atoms with van der Waals surface area (Å²) in [6, 6.07) is 9.99. The van der Waals surface area contributed by atoms with Crippen LogP contribution in [0.1, 0.15) is 5.56 Å². The topological polar surface area (TPSA) is 0 Å². The van der Waals surface area contributed by atoms with Crippen LogP contribution in [0.25, 0.3) is 0 Å². The second kappa shape index (κ2) is 5.01. The zero-order valence-corrected chi connectivity index (χ0v) is 8.35. The quantitative estimate of drug-likeness (QED) is 0.348. The van der Waals surface area contributed by atoms with Gasteiger partial charge in [0.1, 0.15) is 9.52 Å². The fraction of sp³-hybridized carbons (Fsp3) is 0.111. The maximum Gasteiger partial charge on any atom is 0.122 e. The SMILES string of the molecule is ClC[SiH2]C#Cc1ccccc1. The Morgan fingerprint density at radius 1 is 1.27 bits per heavy atom. The van der Waals surface area contributed by atoms with Crippen LogP contribution in [0.15, 0.2) is 30.3 Å². The van der Waals surface area contributed by atoms with Gasteiger partial charge in [-0.25, -0.2) is 0 Å². The predicted molar refractivity (Wildman–Crippen MR) is 52.6 cm³/mol. The molecule has 0 saturated heterocycles. The number of hydrogen-bond donors (Lipinski definition) is 0. The maximum absolute atomic E-state index is 5.53. The van der Waals surface area contributed by atoms with Crippen molar-refractivity contribution >= 4 is 21.1 Å². The maximum atomic E-state index is 5.53. The third-order valence-electron chi connectivity index (χ3n) is 1.23. The molecule has 0 nitrogen and oxygen atoms in total. The lowest BCUT2D eigenvalue weighted by molar-refractivity contribution is 1.65. The van der Waals surface area contributed by atoms with Gasteiger partial charge in [-0.1, -0.05) is 24.1 Å². The summed E-state index contributed by atoms with van der Waals surface area (Å²) in [5.41, 5.74) is 4.95. The Morgan fingerprint density at radius 2 is 2.00 bits per heavy atom. The summed E-state index contributed by atoms with van der Waals surface area (Å²) in [5, 5.41) is 0. The van der Waals surface area contributed by atoms with Gasteiger partial charge in [-0.2, -0.15) is 0 Å². The Hall–Kier alpha value is -0.713. The Morgan fingerprint density at radius 3 is 2.64 bits per heavy atom. The molecule has 0 aliphatic heterocycles. The van der Waals surface area contributed by atoms with Crippen molar-refractivity contribution in [3.8, 4) is 11.5 Å². The van der Waals surface area contributed by atoms with E-state index < -0.39 is 0 Å². The van der Waals surface area contributed by atoms with Crippen molar-refractivity contribution < 1.29 is 0 Å². The summed E-state index contributed by atoms with van der Waals surface area (Å²) in [6.45, 7) is 0. The average molecular weight is 181 g/mol. The fourth-order valence-electron chi connectivity index (χ4n) is 0.733. The van der Waals surface area contributed by atoms with Gasteiger partial charge < -0.3 is 0 Å². The van der Waals surface area contributed by atoms with E-state index in [1.807, 2.05) is 30.3 Å². The molecule has 0 spiro atoms. The van der Waals surface area contributed by atoms with Crippen molar-refractivity contribution in [1.82, 2.24) is 0 Å². The van der Waals surface area contributed by atoms with Gasteiger partial charge in [-0.15, -0.1) is 17.1 Å². The number of benzene rings is 1. The van der Waals surface area contributed by atoms with Crippen LogP contribution in [0.2, 0.25) is 0 Å². The molecule has 0 N–H and O–H groups in total. The molecule has 1 rings (SSSR count). The Balaban J connectivity index is 2.59. The second-order valence-electron chi connectivity index (χ2n) is 2.11. The van der Waals surface area contributed by atoms with E-state index in [9.17, 15) is 0 Å². The van der Waals surface area contributed by atoms with Gasteiger partial charge in [-0.3, -0.25) is 0 Å². The van der Waals surface area contributed by atoms with Crippen LogP contribution < -0.4 is 0 Å². The Kier molecular flexibility index (Phi) is 3.82. The monoisotopic (exact) mass is 180 g/mol. The van der Waals surface area contributed by atoms with Crippen LogP contribution in [0.4, 0.5) is 0 Å². The minimum absolute atomic E-state index is 0.318. The van der Waals surface area contributed by atoms with Crippen LogP contribution >= 0.6 is 11.6 Å². The molecule has 0 saturated carbocycles. The molecule has 0 aliphatic carbocycles. The largest absolute Gasteiger partial charge is 0.133 e. The molecule has 0 unspecified atom stereocenters. The zero-order chi connectivity index (χ0) is 7.94. The fourth-order valence-corrected chi connectivity index (χ4v) is 1.44. The molecule has 0 atom stereocenters. The summed E-state index contributed by atoms with van der Waals surface area (Å²) >= 11 is 5.53. The highest BCUT2D eigenvalue weighted by molar-refractivity contribution is 6.57. The first kappa shape index (κ1) is 8.38. The van der Waals surface area contributed by atoms with Crippen molar-refractivity contribution in [2.24, 2.45) is 0 Å². The zero-order valence-electron chi connectivity index (χ0n) is 6.18. The lowest BCUT2D eigenvalue weighted by Gasteiger charge is -1.85. The van der Waals surface area contributed by atoms with E-state index >= 15 is 0 Å². The third kappa shape index (κ3) is 3.27. The van der Waals surface area contributed by atoms with Gasteiger partial charge in [0.15, 0.2) is 0 Å². The predicted octanol–water partition coefficient (Wildman–Crippen LogP) is 1.36. The van der Waals surface area contributed by atoms with E-state index in [0.717, 1.165) is 11.1 Å². The minimum Gasteiger partial charge on any atom is -0.133 e. The Labute approximate surface area is 74.4 Å². The van der Waals surface area contributed by atoms with Gasteiger partial charge >= 0.3 is 0 Å². The molecular weight excluding hydrogens is 172 g/mol. The van der Waals surface area contributed by atoms with Crippen molar-refractivity contribution in [2.45, 2.75) is 0 Å². The van der Waals surface area contributed by atoms with E-state index in [2.05, 4.69) is 11.5 Å². The first-order chi connectivity index (χ1) is 5.43. The highest BCUT2D eigenvalue weighted by Gasteiger charge is 1.80. The Bertz CT molecular complexity index is 258. The molecular formula is C9H9ClSi. The molecule has 2 heteroatoms. The van der Waals surface area contributed by atoms with Gasteiger partial charge in [-0.05, 0) is 12.1 Å².